The Hall–Kier alpha value is -3.86. The minimum atomic E-state index is -0.606. The molecular formula is C32H36N8O2. The number of aryl methyl sites for hydroxylation is 1. The molecule has 8 rings (SSSR count). The number of aromatic nitrogens is 4. The first-order chi connectivity index (χ1) is 20.4. The van der Waals surface area contributed by atoms with Crippen molar-refractivity contribution < 1.29 is 9.53 Å². The van der Waals surface area contributed by atoms with Crippen molar-refractivity contribution in [2.24, 2.45) is 12.8 Å². The van der Waals surface area contributed by atoms with E-state index in [0.717, 1.165) is 86.5 Å². The van der Waals surface area contributed by atoms with E-state index in [0.29, 0.717) is 23.5 Å². The van der Waals surface area contributed by atoms with E-state index in [9.17, 15) is 4.79 Å². The van der Waals surface area contributed by atoms with Gasteiger partial charge in [-0.15, -0.1) is 0 Å². The second-order valence-corrected chi connectivity index (χ2v) is 12.4. The minimum absolute atomic E-state index is 0.0699. The molecule has 0 unspecified atom stereocenters. The first-order valence-corrected chi connectivity index (χ1v) is 15.0. The van der Waals surface area contributed by atoms with Crippen LogP contribution >= 0.6 is 0 Å². The number of carbonyl (C=O) groups excluding carboxylic acids is 1. The number of nitrogens with one attached hydrogen (secondary N) is 1. The van der Waals surface area contributed by atoms with Crippen LogP contribution in [0.25, 0.3) is 22.3 Å². The fourth-order valence-corrected chi connectivity index (χ4v) is 7.25. The largest absolute Gasteiger partial charge is 0.378 e. The second kappa shape index (κ2) is 9.58. The molecule has 4 aromatic rings. The van der Waals surface area contributed by atoms with Gasteiger partial charge in [0.2, 0.25) is 0 Å². The maximum absolute atomic E-state index is 12.7. The molecule has 1 saturated carbocycles. The Morgan fingerprint density at radius 2 is 1.90 bits per heavy atom. The first-order valence-electron chi connectivity index (χ1n) is 15.0. The molecule has 0 bridgehead atoms. The summed E-state index contributed by atoms with van der Waals surface area (Å²) in [6.07, 6.45) is 6.13. The molecule has 3 N–H and O–H groups in total. The number of amides is 1. The number of primary amides is 1. The number of hydrogen-bond acceptors (Lipinski definition) is 8. The van der Waals surface area contributed by atoms with Crippen LogP contribution in [-0.2, 0) is 23.9 Å². The zero-order valence-electron chi connectivity index (χ0n) is 24.1. The van der Waals surface area contributed by atoms with Gasteiger partial charge in [-0.1, -0.05) is 18.2 Å². The number of piperidine rings is 1. The first kappa shape index (κ1) is 25.8. The van der Waals surface area contributed by atoms with Crippen LogP contribution in [0.1, 0.15) is 58.9 Å². The van der Waals surface area contributed by atoms with Crippen LogP contribution in [-0.4, -0.2) is 74.6 Å². The number of likely N-dealkylation sites (tertiary alicyclic amines) is 1. The molecule has 0 radical (unpaired) electrons. The molecule has 216 valence electrons. The van der Waals surface area contributed by atoms with Gasteiger partial charge >= 0.3 is 0 Å². The topological polar surface area (TPSA) is 114 Å². The van der Waals surface area contributed by atoms with Gasteiger partial charge in [-0.25, -0.2) is 15.0 Å². The Kier molecular flexibility index (Phi) is 5.89. The van der Waals surface area contributed by atoms with Crippen molar-refractivity contribution in [2.45, 2.75) is 49.7 Å². The number of anilines is 2. The van der Waals surface area contributed by atoms with Crippen LogP contribution < -0.4 is 11.1 Å². The third-order valence-electron chi connectivity index (χ3n) is 9.90. The fourth-order valence-electron chi connectivity index (χ4n) is 7.25. The maximum Gasteiger partial charge on any atom is 0.271 e. The van der Waals surface area contributed by atoms with Gasteiger partial charge in [0.25, 0.3) is 5.91 Å². The standard InChI is InChI=1S/C32H36N8O2/c1-38-18-34-27-23(4-3-5-25(27)38)28-26(19-6-7-19)37-31(29(36-28)30(33)41)35-21-8-9-24-20(14-21)15-39(2)32(24)10-12-40(13-11-32)22-16-42-17-22/h3-5,8-9,14,18-19,22H,6-7,10-13,15-17H2,1-2H3,(H2,33,41)(H,35,37). The van der Waals surface area contributed by atoms with Gasteiger partial charge in [0, 0.05) is 49.4 Å². The third kappa shape index (κ3) is 4.04. The Bertz CT molecular complexity index is 1720. The van der Waals surface area contributed by atoms with Crippen molar-refractivity contribution in [1.82, 2.24) is 29.3 Å². The molecular weight excluding hydrogens is 528 g/mol. The summed E-state index contributed by atoms with van der Waals surface area (Å²) in [5.74, 6) is 0.114. The molecule has 0 atom stereocenters. The number of hydrogen-bond donors (Lipinski definition) is 2. The van der Waals surface area contributed by atoms with Gasteiger partial charge < -0.3 is 20.4 Å². The van der Waals surface area contributed by atoms with Gasteiger partial charge in [0.05, 0.1) is 48.0 Å². The zero-order valence-corrected chi connectivity index (χ0v) is 24.1. The maximum atomic E-state index is 12.7. The highest BCUT2D eigenvalue weighted by Gasteiger charge is 2.46. The third-order valence-corrected chi connectivity index (χ3v) is 9.90. The average Bonchev–Trinajstić information content (AvgIpc) is 3.69. The second-order valence-electron chi connectivity index (χ2n) is 12.4. The molecule has 4 aliphatic rings. The molecule has 10 heteroatoms. The average molecular weight is 565 g/mol. The number of carbonyl (C=O) groups is 1. The number of benzene rings is 2. The number of ether oxygens (including phenoxy) is 1. The number of fused-ring (bicyclic) bond motifs is 3. The number of nitrogens with zero attached hydrogens (tertiary/aromatic N) is 6. The van der Waals surface area contributed by atoms with Gasteiger partial charge in [-0.05, 0) is 62.1 Å². The summed E-state index contributed by atoms with van der Waals surface area (Å²) >= 11 is 0. The number of rotatable bonds is 6. The molecule has 2 saturated heterocycles. The highest BCUT2D eigenvalue weighted by atomic mass is 16.5. The summed E-state index contributed by atoms with van der Waals surface area (Å²) in [5.41, 5.74) is 14.0. The zero-order chi connectivity index (χ0) is 28.6. The van der Waals surface area contributed by atoms with Crippen LogP contribution in [0.5, 0.6) is 0 Å². The van der Waals surface area contributed by atoms with Crippen molar-refractivity contribution in [1.29, 1.82) is 0 Å². The minimum Gasteiger partial charge on any atom is -0.378 e. The lowest BCUT2D eigenvalue weighted by Crippen LogP contribution is -2.56. The Morgan fingerprint density at radius 1 is 1.10 bits per heavy atom. The molecule has 3 fully saturated rings. The highest BCUT2D eigenvalue weighted by Crippen LogP contribution is 2.47. The molecule has 2 aromatic heterocycles. The van der Waals surface area contributed by atoms with E-state index in [2.05, 4.69) is 45.3 Å². The predicted octanol–water partition coefficient (Wildman–Crippen LogP) is 3.89. The fraction of sp³-hybridized carbons (Fsp3) is 0.438. The quantitative estimate of drug-likeness (QED) is 0.363. The van der Waals surface area contributed by atoms with Gasteiger partial charge in [-0.3, -0.25) is 14.6 Å². The summed E-state index contributed by atoms with van der Waals surface area (Å²) in [6, 6.07) is 13.2. The molecule has 1 aliphatic carbocycles. The van der Waals surface area contributed by atoms with Crippen LogP contribution in [0.2, 0.25) is 0 Å². The SMILES string of the molecule is CN1Cc2cc(Nc3nc(C4CC4)c(-c4cccc5c4ncn5C)nc3C(N)=O)ccc2C12CCN(C1COC1)CC2. The Balaban J connectivity index is 1.13. The van der Waals surface area contributed by atoms with E-state index in [1.165, 1.54) is 11.1 Å². The lowest BCUT2D eigenvalue weighted by molar-refractivity contribution is -0.0852. The van der Waals surface area contributed by atoms with Crippen LogP contribution in [0.15, 0.2) is 42.7 Å². The van der Waals surface area contributed by atoms with E-state index in [1.807, 2.05) is 29.8 Å². The van der Waals surface area contributed by atoms with E-state index < -0.39 is 5.91 Å². The van der Waals surface area contributed by atoms with Crippen molar-refractivity contribution >= 4 is 28.4 Å². The number of nitrogens with two attached hydrogens (primary N) is 1. The Morgan fingerprint density at radius 3 is 2.62 bits per heavy atom. The lowest BCUT2D eigenvalue weighted by Gasteiger charge is -2.48. The molecule has 3 aliphatic heterocycles. The smallest absolute Gasteiger partial charge is 0.271 e. The van der Waals surface area contributed by atoms with Crippen molar-refractivity contribution in [3.05, 3.63) is 65.2 Å². The molecule has 42 heavy (non-hydrogen) atoms. The summed E-state index contributed by atoms with van der Waals surface area (Å²) in [4.78, 5) is 32.4. The van der Waals surface area contributed by atoms with Crippen molar-refractivity contribution in [2.75, 3.05) is 38.7 Å². The van der Waals surface area contributed by atoms with Crippen LogP contribution in [0.4, 0.5) is 11.5 Å². The van der Waals surface area contributed by atoms with Crippen molar-refractivity contribution in [3.63, 3.8) is 0 Å². The predicted molar refractivity (Wildman–Crippen MR) is 161 cm³/mol. The van der Waals surface area contributed by atoms with E-state index in [4.69, 9.17) is 20.4 Å². The van der Waals surface area contributed by atoms with Crippen molar-refractivity contribution in [3.8, 4) is 11.3 Å². The summed E-state index contributed by atoms with van der Waals surface area (Å²) in [5, 5.41) is 3.44. The number of para-hydroxylation sites is 1. The van der Waals surface area contributed by atoms with Crippen LogP contribution in [0, 0.1) is 0 Å². The van der Waals surface area contributed by atoms with E-state index in [-0.39, 0.29) is 11.2 Å². The number of imidazole rings is 1. The van der Waals surface area contributed by atoms with Gasteiger partial charge in [0.1, 0.15) is 0 Å². The van der Waals surface area contributed by atoms with Crippen LogP contribution in [0.3, 0.4) is 0 Å². The summed E-state index contributed by atoms with van der Waals surface area (Å²) < 4.78 is 7.42. The molecule has 1 spiro atoms. The van der Waals surface area contributed by atoms with Gasteiger partial charge in [-0.2, -0.15) is 0 Å². The normalized spacial score (nSPS) is 20.6. The highest BCUT2D eigenvalue weighted by molar-refractivity contribution is 5.98. The lowest BCUT2D eigenvalue weighted by atomic mass is 9.80. The molecule has 1 amide bonds. The van der Waals surface area contributed by atoms with E-state index in [1.54, 1.807) is 6.33 Å². The summed E-state index contributed by atoms with van der Waals surface area (Å²) in [6.45, 7) is 4.82. The molecule has 10 nitrogen and oxygen atoms in total. The summed E-state index contributed by atoms with van der Waals surface area (Å²) in [7, 11) is 4.22. The monoisotopic (exact) mass is 564 g/mol. The molecule has 5 heterocycles. The van der Waals surface area contributed by atoms with E-state index >= 15 is 0 Å². The van der Waals surface area contributed by atoms with Gasteiger partial charge in [0.15, 0.2) is 11.5 Å². The Labute approximate surface area is 244 Å². The molecule has 2 aromatic carbocycles.